The third kappa shape index (κ3) is 8.29. The van der Waals surface area contributed by atoms with Gasteiger partial charge in [0.25, 0.3) is 5.91 Å². The molecular formula is C20H15ClF6N2O4. The van der Waals surface area contributed by atoms with E-state index in [0.29, 0.717) is 12.1 Å². The summed E-state index contributed by atoms with van der Waals surface area (Å²) in [7, 11) is 0. The molecule has 2 rings (SSSR count). The van der Waals surface area contributed by atoms with Crippen LogP contribution in [0.25, 0.3) is 0 Å². The van der Waals surface area contributed by atoms with Gasteiger partial charge in [0.05, 0.1) is 28.3 Å². The Bertz CT molecular complexity index is 1040. The lowest BCUT2D eigenvalue weighted by molar-refractivity contribution is -0.147. The number of hydrogen-bond acceptors (Lipinski definition) is 4. The Kier molecular flexibility index (Phi) is 8.31. The van der Waals surface area contributed by atoms with E-state index in [2.05, 4.69) is 15.4 Å². The summed E-state index contributed by atoms with van der Waals surface area (Å²) in [5.41, 5.74) is -2.48. The highest BCUT2D eigenvalue weighted by atomic mass is 35.5. The summed E-state index contributed by atoms with van der Waals surface area (Å²) in [5.74, 6) is -2.73. The zero-order valence-electron chi connectivity index (χ0n) is 16.4. The summed E-state index contributed by atoms with van der Waals surface area (Å²) in [5, 5.41) is 4.12. The first-order chi connectivity index (χ1) is 15.3. The molecule has 6 nitrogen and oxygen atoms in total. The van der Waals surface area contributed by atoms with Crippen molar-refractivity contribution in [2.24, 2.45) is 0 Å². The van der Waals surface area contributed by atoms with E-state index in [0.717, 1.165) is 24.3 Å². The summed E-state index contributed by atoms with van der Waals surface area (Å²) in [6, 6.07) is 6.13. The van der Waals surface area contributed by atoms with Crippen molar-refractivity contribution >= 4 is 40.8 Å². The minimum absolute atomic E-state index is 0.148. The average molecular weight is 497 g/mol. The minimum atomic E-state index is -4.65. The predicted octanol–water partition coefficient (Wildman–Crippen LogP) is 5.28. The summed E-state index contributed by atoms with van der Waals surface area (Å²) in [6.45, 7) is -0.823. The van der Waals surface area contributed by atoms with Gasteiger partial charge in [-0.1, -0.05) is 17.7 Å². The predicted molar refractivity (Wildman–Crippen MR) is 105 cm³/mol. The number of carbonyl (C=O) groups excluding carboxylic acids is 3. The third-order valence-corrected chi connectivity index (χ3v) is 4.29. The Hall–Kier alpha value is -3.28. The second-order valence-corrected chi connectivity index (χ2v) is 6.94. The molecule has 2 aromatic carbocycles. The fourth-order valence-corrected chi connectivity index (χ4v) is 2.58. The maximum absolute atomic E-state index is 12.8. The van der Waals surface area contributed by atoms with Crippen LogP contribution in [0.3, 0.4) is 0 Å². The Labute approximate surface area is 187 Å². The number of nitrogens with one attached hydrogen (secondary N) is 2. The smallest absolute Gasteiger partial charge is 0.416 e. The average Bonchev–Trinajstić information content (AvgIpc) is 2.71. The molecule has 0 aliphatic rings. The van der Waals surface area contributed by atoms with E-state index in [1.54, 1.807) is 0 Å². The third-order valence-electron chi connectivity index (χ3n) is 3.96. The molecule has 2 aromatic rings. The Morgan fingerprint density at radius 3 is 2.09 bits per heavy atom. The molecule has 0 saturated carbocycles. The molecule has 0 bridgehead atoms. The Balaban J connectivity index is 1.80. The van der Waals surface area contributed by atoms with Gasteiger partial charge in [0.2, 0.25) is 5.91 Å². The van der Waals surface area contributed by atoms with Gasteiger partial charge in [-0.25, -0.2) is 0 Å². The van der Waals surface area contributed by atoms with Crippen molar-refractivity contribution in [1.29, 1.82) is 0 Å². The van der Waals surface area contributed by atoms with E-state index in [1.807, 2.05) is 0 Å². The molecule has 0 aromatic heterocycles. The highest BCUT2D eigenvalue weighted by molar-refractivity contribution is 6.33. The minimum Gasteiger partial charge on any atom is -0.456 e. The van der Waals surface area contributed by atoms with E-state index in [-0.39, 0.29) is 16.4 Å². The maximum Gasteiger partial charge on any atom is 0.416 e. The lowest BCUT2D eigenvalue weighted by Crippen LogP contribution is -2.22. The number of anilines is 2. The summed E-state index contributed by atoms with van der Waals surface area (Å²) < 4.78 is 80.9. The van der Waals surface area contributed by atoms with Gasteiger partial charge >= 0.3 is 18.3 Å². The van der Waals surface area contributed by atoms with Crippen LogP contribution in [0.15, 0.2) is 42.5 Å². The molecule has 0 unspecified atom stereocenters. The number of alkyl halides is 6. The van der Waals surface area contributed by atoms with Crippen molar-refractivity contribution in [3.05, 3.63) is 58.6 Å². The van der Waals surface area contributed by atoms with E-state index in [1.165, 1.54) is 6.07 Å². The van der Waals surface area contributed by atoms with Gasteiger partial charge in [-0.3, -0.25) is 14.4 Å². The van der Waals surface area contributed by atoms with Crippen molar-refractivity contribution in [3.63, 3.8) is 0 Å². The van der Waals surface area contributed by atoms with E-state index >= 15 is 0 Å². The molecule has 2 amide bonds. The molecule has 0 atom stereocenters. The number of hydrogen-bond donors (Lipinski definition) is 2. The largest absolute Gasteiger partial charge is 0.456 e. The lowest BCUT2D eigenvalue weighted by atomic mass is 10.2. The zero-order chi connectivity index (χ0) is 24.8. The number of halogens is 7. The fourth-order valence-electron chi connectivity index (χ4n) is 2.41. The lowest BCUT2D eigenvalue weighted by Gasteiger charge is -2.12. The van der Waals surface area contributed by atoms with Gasteiger partial charge in [0.1, 0.15) is 0 Å². The van der Waals surface area contributed by atoms with Crippen LogP contribution >= 0.6 is 11.6 Å². The summed E-state index contributed by atoms with van der Waals surface area (Å²) in [4.78, 5) is 35.3. The van der Waals surface area contributed by atoms with Crippen LogP contribution in [-0.2, 0) is 31.5 Å². The van der Waals surface area contributed by atoms with E-state index < -0.39 is 60.7 Å². The van der Waals surface area contributed by atoms with Crippen LogP contribution in [0.1, 0.15) is 24.0 Å². The molecule has 0 radical (unpaired) electrons. The SMILES string of the molecule is O=C(COC(=O)CCC(=O)Nc1cc(C(F)(F)F)ccc1Cl)Nc1cccc(C(F)(F)F)c1. The van der Waals surface area contributed by atoms with Crippen molar-refractivity contribution in [2.45, 2.75) is 25.2 Å². The van der Waals surface area contributed by atoms with Crippen molar-refractivity contribution in [3.8, 4) is 0 Å². The first-order valence-electron chi connectivity index (χ1n) is 9.05. The number of amides is 2. The molecule has 0 heterocycles. The second kappa shape index (κ2) is 10.6. The molecular weight excluding hydrogens is 482 g/mol. The van der Waals surface area contributed by atoms with Crippen LogP contribution in [0, 0.1) is 0 Å². The zero-order valence-corrected chi connectivity index (χ0v) is 17.2. The van der Waals surface area contributed by atoms with Gasteiger partial charge in [-0.2, -0.15) is 26.3 Å². The van der Waals surface area contributed by atoms with Gasteiger partial charge in [0, 0.05) is 12.1 Å². The van der Waals surface area contributed by atoms with E-state index in [4.69, 9.17) is 11.6 Å². The first-order valence-corrected chi connectivity index (χ1v) is 9.43. The van der Waals surface area contributed by atoms with Crippen molar-refractivity contribution in [1.82, 2.24) is 0 Å². The van der Waals surface area contributed by atoms with E-state index in [9.17, 15) is 40.7 Å². The normalized spacial score (nSPS) is 11.6. The number of carbonyl (C=O) groups is 3. The highest BCUT2D eigenvalue weighted by Crippen LogP contribution is 2.34. The molecule has 0 aliphatic heterocycles. The Morgan fingerprint density at radius 2 is 1.45 bits per heavy atom. The van der Waals surface area contributed by atoms with Crippen LogP contribution < -0.4 is 10.6 Å². The van der Waals surface area contributed by atoms with Crippen LogP contribution in [0.2, 0.25) is 5.02 Å². The Morgan fingerprint density at radius 1 is 0.818 bits per heavy atom. The topological polar surface area (TPSA) is 84.5 Å². The van der Waals surface area contributed by atoms with Crippen molar-refractivity contribution in [2.75, 3.05) is 17.2 Å². The maximum atomic E-state index is 12.8. The molecule has 0 saturated heterocycles. The van der Waals surface area contributed by atoms with Crippen LogP contribution in [0.5, 0.6) is 0 Å². The molecule has 2 N–H and O–H groups in total. The van der Waals surface area contributed by atoms with Gasteiger partial charge < -0.3 is 15.4 Å². The summed E-state index contributed by atoms with van der Waals surface area (Å²) in [6.07, 6.45) is -10.3. The molecule has 13 heteroatoms. The number of ether oxygens (including phenoxy) is 1. The van der Waals surface area contributed by atoms with Gasteiger partial charge in [-0.15, -0.1) is 0 Å². The van der Waals surface area contributed by atoms with Gasteiger partial charge in [-0.05, 0) is 36.4 Å². The summed E-state index contributed by atoms with van der Waals surface area (Å²) >= 11 is 5.76. The number of benzene rings is 2. The molecule has 178 valence electrons. The van der Waals surface area contributed by atoms with Crippen molar-refractivity contribution < 1.29 is 45.5 Å². The standard InChI is InChI=1S/C20H15ClF6N2O4/c21-14-5-4-12(20(25,26)27)9-15(14)29-16(30)6-7-18(32)33-10-17(31)28-13-3-1-2-11(8-13)19(22,23)24/h1-5,8-9H,6-7,10H2,(H,28,31)(H,29,30). The molecule has 0 spiro atoms. The molecule has 0 aliphatic carbocycles. The second-order valence-electron chi connectivity index (χ2n) is 6.53. The first kappa shape index (κ1) is 26.0. The van der Waals surface area contributed by atoms with Gasteiger partial charge in [0.15, 0.2) is 6.61 Å². The monoisotopic (exact) mass is 496 g/mol. The van der Waals surface area contributed by atoms with Crippen LogP contribution in [0.4, 0.5) is 37.7 Å². The number of rotatable bonds is 7. The molecule has 0 fully saturated rings. The number of esters is 1. The fraction of sp³-hybridized carbons (Fsp3) is 0.250. The highest BCUT2D eigenvalue weighted by Gasteiger charge is 2.31. The van der Waals surface area contributed by atoms with Crippen LogP contribution in [-0.4, -0.2) is 24.4 Å². The molecule has 33 heavy (non-hydrogen) atoms. The quantitative estimate of drug-likeness (QED) is 0.403.